The van der Waals surface area contributed by atoms with Crippen LogP contribution in [-0.2, 0) is 20.8 Å². The molecule has 2 fully saturated rings. The number of anilines is 2. The van der Waals surface area contributed by atoms with Crippen LogP contribution in [0.5, 0.6) is 5.75 Å². The zero-order valence-corrected chi connectivity index (χ0v) is 25.2. The van der Waals surface area contributed by atoms with Gasteiger partial charge in [-0.2, -0.15) is 9.97 Å². The molecular formula is C31H42N6O5. The minimum absolute atomic E-state index is 0.0757. The van der Waals surface area contributed by atoms with Crippen molar-refractivity contribution in [2.24, 2.45) is 5.92 Å². The third-order valence-corrected chi connectivity index (χ3v) is 7.66. The van der Waals surface area contributed by atoms with Crippen LogP contribution in [0.2, 0.25) is 0 Å². The number of carboxylic acids is 1. The van der Waals surface area contributed by atoms with E-state index in [4.69, 9.17) is 29.2 Å². The van der Waals surface area contributed by atoms with E-state index in [1.807, 2.05) is 44.2 Å². The molecule has 4 heterocycles. The zero-order chi connectivity index (χ0) is 29.8. The first-order valence-corrected chi connectivity index (χ1v) is 14.8. The summed E-state index contributed by atoms with van der Waals surface area (Å²) in [4.78, 5) is 31.3. The minimum Gasteiger partial charge on any atom is -0.496 e. The molecule has 0 amide bonds. The largest absolute Gasteiger partial charge is 0.496 e. The van der Waals surface area contributed by atoms with Crippen LogP contribution in [0.15, 0.2) is 30.3 Å². The van der Waals surface area contributed by atoms with Crippen molar-refractivity contribution in [2.75, 3.05) is 56.3 Å². The Morgan fingerprint density at radius 3 is 2.48 bits per heavy atom. The summed E-state index contributed by atoms with van der Waals surface area (Å²) in [6.45, 7) is 12.8. The number of pyridine rings is 1. The van der Waals surface area contributed by atoms with Crippen LogP contribution in [0.4, 0.5) is 11.8 Å². The molecule has 3 aromatic rings. The van der Waals surface area contributed by atoms with E-state index in [9.17, 15) is 9.90 Å². The van der Waals surface area contributed by atoms with Crippen molar-refractivity contribution < 1.29 is 24.1 Å². The highest BCUT2D eigenvalue weighted by Crippen LogP contribution is 2.31. The summed E-state index contributed by atoms with van der Waals surface area (Å²) in [7, 11) is 1.62. The van der Waals surface area contributed by atoms with Crippen molar-refractivity contribution in [1.29, 1.82) is 0 Å². The lowest BCUT2D eigenvalue weighted by molar-refractivity contribution is -0.140. The average molecular weight is 579 g/mol. The molecule has 2 saturated heterocycles. The number of fused-ring (bicyclic) bond motifs is 1. The van der Waals surface area contributed by atoms with E-state index >= 15 is 0 Å². The number of hydrogen-bond donors (Lipinski definition) is 2. The first kappa shape index (κ1) is 29.9. The molecule has 0 saturated carbocycles. The van der Waals surface area contributed by atoms with Crippen molar-refractivity contribution in [3.63, 3.8) is 0 Å². The number of nitrogens with zero attached hydrogens (tertiary/aromatic N) is 5. The van der Waals surface area contributed by atoms with E-state index in [1.165, 1.54) is 0 Å². The Balaban J connectivity index is 1.51. The molecule has 42 heavy (non-hydrogen) atoms. The van der Waals surface area contributed by atoms with E-state index in [0.717, 1.165) is 41.1 Å². The highest BCUT2D eigenvalue weighted by molar-refractivity contribution is 5.90. The predicted molar refractivity (Wildman–Crippen MR) is 162 cm³/mol. The third kappa shape index (κ3) is 6.91. The molecular weight excluding hydrogens is 536 g/mol. The molecule has 2 N–H and O–H groups in total. The van der Waals surface area contributed by atoms with Crippen LogP contribution in [0.25, 0.3) is 22.3 Å². The van der Waals surface area contributed by atoms with Crippen LogP contribution in [0.3, 0.4) is 0 Å². The monoisotopic (exact) mass is 578 g/mol. The number of aliphatic carboxylic acids is 1. The normalized spacial score (nSPS) is 20.2. The van der Waals surface area contributed by atoms with Gasteiger partial charge in [0, 0.05) is 43.9 Å². The summed E-state index contributed by atoms with van der Waals surface area (Å²) in [6.07, 6.45) is 0.691. The van der Waals surface area contributed by atoms with Gasteiger partial charge in [0.2, 0.25) is 5.95 Å². The number of morpholine rings is 2. The number of nitrogens with one attached hydrogen (secondary N) is 1. The Bertz CT molecular complexity index is 1390. The molecule has 2 aromatic heterocycles. The quantitative estimate of drug-likeness (QED) is 0.366. The van der Waals surface area contributed by atoms with Gasteiger partial charge in [-0.05, 0) is 56.5 Å². The van der Waals surface area contributed by atoms with Crippen LogP contribution in [0.1, 0.15) is 39.7 Å². The van der Waals surface area contributed by atoms with E-state index in [0.29, 0.717) is 56.6 Å². The fraction of sp³-hybridized carbons (Fsp3) is 0.548. The molecule has 11 nitrogen and oxygen atoms in total. The fourth-order valence-electron chi connectivity index (χ4n) is 5.69. The highest BCUT2D eigenvalue weighted by atomic mass is 16.5. The number of ether oxygens (including phenoxy) is 3. The first-order valence-electron chi connectivity index (χ1n) is 14.8. The molecule has 2 aliphatic rings. The summed E-state index contributed by atoms with van der Waals surface area (Å²) >= 11 is 0. The lowest BCUT2D eigenvalue weighted by Crippen LogP contribution is -2.46. The van der Waals surface area contributed by atoms with Crippen molar-refractivity contribution >= 4 is 28.8 Å². The third-order valence-electron chi connectivity index (χ3n) is 7.66. The molecule has 5 rings (SSSR count). The fourth-order valence-corrected chi connectivity index (χ4v) is 5.69. The lowest BCUT2D eigenvalue weighted by Gasteiger charge is -2.36. The van der Waals surface area contributed by atoms with Crippen LogP contribution >= 0.6 is 0 Å². The van der Waals surface area contributed by atoms with E-state index in [2.05, 4.69) is 29.0 Å². The summed E-state index contributed by atoms with van der Waals surface area (Å²) in [6, 6.07) is 9.27. The predicted octanol–water partition coefficient (Wildman–Crippen LogP) is 3.74. The second-order valence-corrected chi connectivity index (χ2v) is 11.6. The second-order valence-electron chi connectivity index (χ2n) is 11.6. The van der Waals surface area contributed by atoms with Crippen molar-refractivity contribution in [1.82, 2.24) is 20.3 Å². The maximum absolute atomic E-state index is 11.8. The van der Waals surface area contributed by atoms with Gasteiger partial charge in [-0.25, -0.2) is 4.98 Å². The molecule has 0 aliphatic carbocycles. The smallest absolute Gasteiger partial charge is 0.320 e. The maximum Gasteiger partial charge on any atom is 0.320 e. The molecule has 1 aromatic carbocycles. The van der Waals surface area contributed by atoms with Gasteiger partial charge in [-0.1, -0.05) is 13.8 Å². The number of benzene rings is 1. The average Bonchev–Trinajstić information content (AvgIpc) is 2.98. The number of hydrogen-bond acceptors (Lipinski definition) is 10. The Morgan fingerprint density at radius 2 is 1.81 bits per heavy atom. The van der Waals surface area contributed by atoms with Gasteiger partial charge in [0.05, 0.1) is 43.6 Å². The van der Waals surface area contributed by atoms with Crippen LogP contribution < -0.4 is 19.9 Å². The number of carboxylic acid groups (broad SMARTS) is 1. The molecule has 11 heteroatoms. The summed E-state index contributed by atoms with van der Waals surface area (Å²) < 4.78 is 17.2. The van der Waals surface area contributed by atoms with Crippen LogP contribution in [0, 0.1) is 5.92 Å². The molecule has 0 spiro atoms. The summed E-state index contributed by atoms with van der Waals surface area (Å²) in [5.74, 6) is 1.61. The number of methoxy groups -OCH3 is 1. The maximum atomic E-state index is 11.8. The first-order chi connectivity index (χ1) is 20.2. The summed E-state index contributed by atoms with van der Waals surface area (Å²) in [5, 5.41) is 13.8. The van der Waals surface area contributed by atoms with Crippen molar-refractivity contribution in [3.05, 3.63) is 35.9 Å². The van der Waals surface area contributed by atoms with Gasteiger partial charge in [-0.15, -0.1) is 0 Å². The number of carbonyl (C=O) groups is 1. The van der Waals surface area contributed by atoms with Gasteiger partial charge in [0.25, 0.3) is 0 Å². The van der Waals surface area contributed by atoms with Gasteiger partial charge in [-0.3, -0.25) is 4.79 Å². The highest BCUT2D eigenvalue weighted by Gasteiger charge is 2.27. The topological polar surface area (TPSA) is 122 Å². The molecule has 226 valence electrons. The van der Waals surface area contributed by atoms with Gasteiger partial charge in [0.1, 0.15) is 17.6 Å². The number of aromatic nitrogens is 3. The Kier molecular flexibility index (Phi) is 9.40. The summed E-state index contributed by atoms with van der Waals surface area (Å²) in [5.41, 5.74) is 3.15. The van der Waals surface area contributed by atoms with Crippen molar-refractivity contribution in [2.45, 2.75) is 58.9 Å². The second kappa shape index (κ2) is 13.2. The molecule has 3 unspecified atom stereocenters. The van der Waals surface area contributed by atoms with E-state index in [-0.39, 0.29) is 18.1 Å². The van der Waals surface area contributed by atoms with Gasteiger partial charge < -0.3 is 34.4 Å². The van der Waals surface area contributed by atoms with Gasteiger partial charge in [0.15, 0.2) is 5.65 Å². The standard InChI is InChI=1S/C31H42N6O5/c1-19(2)14-26(30(38)39)32-16-23-15-22(6-9-27(23)40-5)25-8-7-24-28(33-25)34-31(37-17-20(3)42-21(4)18-37)35-29(24)36-10-12-41-13-11-36/h6-9,15,19-21,26,32H,10-14,16-18H2,1-5H3,(H,38,39). The van der Waals surface area contributed by atoms with Crippen molar-refractivity contribution in [3.8, 4) is 17.0 Å². The van der Waals surface area contributed by atoms with Crippen LogP contribution in [-0.4, -0.2) is 90.8 Å². The minimum atomic E-state index is -0.856. The molecule has 2 aliphatic heterocycles. The molecule has 0 bridgehead atoms. The lowest BCUT2D eigenvalue weighted by atomic mass is 10.0. The zero-order valence-electron chi connectivity index (χ0n) is 25.2. The van der Waals surface area contributed by atoms with Gasteiger partial charge >= 0.3 is 5.97 Å². The SMILES string of the molecule is COc1ccc(-c2ccc3c(N4CCOCC4)nc(N4CC(C)OC(C)C4)nc3n2)cc1CNC(CC(C)C)C(=O)O. The van der Waals surface area contributed by atoms with E-state index < -0.39 is 12.0 Å². The Hall–Kier alpha value is -3.54. The number of rotatable bonds is 10. The van der Waals surface area contributed by atoms with E-state index in [1.54, 1.807) is 7.11 Å². The Morgan fingerprint density at radius 1 is 1.07 bits per heavy atom. The Labute approximate surface area is 247 Å². The molecule has 0 radical (unpaired) electrons. The molecule has 3 atom stereocenters.